The molecule has 1 N–H and O–H groups in total. The van der Waals surface area contributed by atoms with Crippen LogP contribution < -0.4 is 5.32 Å². The van der Waals surface area contributed by atoms with Crippen LogP contribution in [-0.4, -0.2) is 11.1 Å². The number of nitrogens with zero attached hydrogens (tertiary/aromatic N) is 1. The zero-order valence-corrected chi connectivity index (χ0v) is 14.5. The summed E-state index contributed by atoms with van der Waals surface area (Å²) in [7, 11) is 0. The van der Waals surface area contributed by atoms with Crippen LogP contribution >= 0.6 is 0 Å². The van der Waals surface area contributed by atoms with Gasteiger partial charge in [-0.05, 0) is 37.1 Å². The maximum absolute atomic E-state index is 3.55. The molecule has 0 unspecified atom stereocenters. The lowest BCUT2D eigenvalue weighted by atomic mass is 10.2. The molecule has 0 fully saturated rings. The number of fused-ring (bicyclic) bond motifs is 3. The van der Waals surface area contributed by atoms with Gasteiger partial charge in [-0.15, -0.1) is 0 Å². The lowest BCUT2D eigenvalue weighted by molar-refractivity contribution is 0.583. The average Bonchev–Trinajstić information content (AvgIpc) is 3.00. The van der Waals surface area contributed by atoms with Crippen molar-refractivity contribution in [1.82, 2.24) is 9.88 Å². The van der Waals surface area contributed by atoms with Crippen molar-refractivity contribution in [3.05, 3.63) is 84.4 Å². The summed E-state index contributed by atoms with van der Waals surface area (Å²) < 4.78 is 2.47. The molecule has 0 aliphatic heterocycles. The molecule has 2 heteroatoms. The van der Waals surface area contributed by atoms with Crippen LogP contribution in [0.3, 0.4) is 0 Å². The van der Waals surface area contributed by atoms with Gasteiger partial charge in [0.2, 0.25) is 0 Å². The molecule has 3 aromatic carbocycles. The van der Waals surface area contributed by atoms with Gasteiger partial charge < -0.3 is 9.88 Å². The molecule has 2 nitrogen and oxygen atoms in total. The first-order valence-electron chi connectivity index (χ1n) is 9.14. The van der Waals surface area contributed by atoms with E-state index in [1.165, 1.54) is 40.2 Å². The molecule has 0 saturated heterocycles. The third-order valence-electron chi connectivity index (χ3n) is 4.84. The quantitative estimate of drug-likeness (QED) is 0.452. The first-order valence-corrected chi connectivity index (χ1v) is 9.14. The van der Waals surface area contributed by atoms with E-state index in [1.54, 1.807) is 0 Å². The van der Waals surface area contributed by atoms with Crippen LogP contribution in [0.25, 0.3) is 21.8 Å². The van der Waals surface area contributed by atoms with E-state index in [2.05, 4.69) is 88.7 Å². The Bertz CT molecular complexity index is 900. The Balaban J connectivity index is 1.38. The number of aryl methyl sites for hydroxylation is 1. The first-order chi connectivity index (χ1) is 12.4. The van der Waals surface area contributed by atoms with Gasteiger partial charge in [0.15, 0.2) is 0 Å². The standard InChI is InChI=1S/C23H24N2/c1-2-10-19(11-3-1)18-24-16-8-9-17-25-22-14-6-4-12-20(22)21-13-5-7-15-23(21)25/h1-7,10-15,24H,8-9,16-18H2. The van der Waals surface area contributed by atoms with Gasteiger partial charge in [-0.2, -0.15) is 0 Å². The summed E-state index contributed by atoms with van der Waals surface area (Å²) >= 11 is 0. The van der Waals surface area contributed by atoms with Crippen LogP contribution in [0.2, 0.25) is 0 Å². The molecule has 0 aliphatic rings. The molecule has 126 valence electrons. The second-order valence-electron chi connectivity index (χ2n) is 6.56. The molecule has 0 amide bonds. The Kier molecular flexibility index (Phi) is 4.80. The summed E-state index contributed by atoms with van der Waals surface area (Å²) in [4.78, 5) is 0. The maximum Gasteiger partial charge on any atom is 0.0491 e. The van der Waals surface area contributed by atoms with Gasteiger partial charge >= 0.3 is 0 Å². The molecular formula is C23H24N2. The largest absolute Gasteiger partial charge is 0.340 e. The minimum atomic E-state index is 0.955. The van der Waals surface area contributed by atoms with Crippen molar-refractivity contribution in [2.45, 2.75) is 25.9 Å². The minimum absolute atomic E-state index is 0.955. The fourth-order valence-corrected chi connectivity index (χ4v) is 3.59. The van der Waals surface area contributed by atoms with Crippen molar-refractivity contribution in [1.29, 1.82) is 0 Å². The third kappa shape index (κ3) is 3.45. The molecule has 0 atom stereocenters. The third-order valence-corrected chi connectivity index (χ3v) is 4.84. The van der Waals surface area contributed by atoms with Gasteiger partial charge in [0.25, 0.3) is 0 Å². The number of benzene rings is 3. The van der Waals surface area contributed by atoms with Gasteiger partial charge in [0.05, 0.1) is 0 Å². The topological polar surface area (TPSA) is 17.0 Å². The number of unbranched alkanes of at least 4 members (excludes halogenated alkanes) is 1. The average molecular weight is 328 g/mol. The number of hydrogen-bond donors (Lipinski definition) is 1. The molecular weight excluding hydrogens is 304 g/mol. The molecule has 0 bridgehead atoms. The fraction of sp³-hybridized carbons (Fsp3) is 0.217. The molecule has 0 aliphatic carbocycles. The summed E-state index contributed by atoms with van der Waals surface area (Å²) in [6, 6.07) is 28.1. The van der Waals surface area contributed by atoms with E-state index in [0.717, 1.165) is 19.6 Å². The molecule has 0 radical (unpaired) electrons. The Morgan fingerprint density at radius 3 is 1.92 bits per heavy atom. The summed E-state index contributed by atoms with van der Waals surface area (Å²) in [6.07, 6.45) is 2.37. The van der Waals surface area contributed by atoms with Crippen LogP contribution in [0.1, 0.15) is 18.4 Å². The highest BCUT2D eigenvalue weighted by molar-refractivity contribution is 6.07. The Morgan fingerprint density at radius 1 is 0.640 bits per heavy atom. The van der Waals surface area contributed by atoms with Gasteiger partial charge in [-0.3, -0.25) is 0 Å². The Hall–Kier alpha value is -2.58. The lowest BCUT2D eigenvalue weighted by Gasteiger charge is -2.08. The monoisotopic (exact) mass is 328 g/mol. The number of nitrogens with one attached hydrogen (secondary N) is 1. The predicted molar refractivity (Wildman–Crippen MR) is 107 cm³/mol. The molecule has 0 spiro atoms. The summed E-state index contributed by atoms with van der Waals surface area (Å²) in [5.41, 5.74) is 4.05. The lowest BCUT2D eigenvalue weighted by Crippen LogP contribution is -2.15. The minimum Gasteiger partial charge on any atom is -0.340 e. The van der Waals surface area contributed by atoms with Gasteiger partial charge in [-0.25, -0.2) is 0 Å². The van der Waals surface area contributed by atoms with Crippen molar-refractivity contribution in [2.75, 3.05) is 6.54 Å². The van der Waals surface area contributed by atoms with E-state index in [4.69, 9.17) is 0 Å². The highest BCUT2D eigenvalue weighted by Crippen LogP contribution is 2.28. The fourth-order valence-electron chi connectivity index (χ4n) is 3.59. The van der Waals surface area contributed by atoms with Gasteiger partial charge in [0.1, 0.15) is 0 Å². The number of aromatic nitrogens is 1. The normalized spacial score (nSPS) is 11.4. The number of rotatable bonds is 7. The smallest absolute Gasteiger partial charge is 0.0491 e. The van der Waals surface area contributed by atoms with Crippen molar-refractivity contribution in [2.24, 2.45) is 0 Å². The number of para-hydroxylation sites is 2. The Labute approximate surface area is 149 Å². The molecule has 0 saturated carbocycles. The second-order valence-corrected chi connectivity index (χ2v) is 6.56. The highest BCUT2D eigenvalue weighted by Gasteiger charge is 2.08. The van der Waals surface area contributed by atoms with Crippen LogP contribution in [0.15, 0.2) is 78.9 Å². The highest BCUT2D eigenvalue weighted by atomic mass is 15.0. The van der Waals surface area contributed by atoms with E-state index in [-0.39, 0.29) is 0 Å². The van der Waals surface area contributed by atoms with Crippen molar-refractivity contribution < 1.29 is 0 Å². The molecule has 4 aromatic rings. The van der Waals surface area contributed by atoms with Gasteiger partial charge in [-0.1, -0.05) is 66.7 Å². The van der Waals surface area contributed by atoms with Crippen molar-refractivity contribution in [3.63, 3.8) is 0 Å². The Morgan fingerprint density at radius 2 is 1.24 bits per heavy atom. The van der Waals surface area contributed by atoms with Crippen molar-refractivity contribution >= 4 is 21.8 Å². The van der Waals surface area contributed by atoms with Crippen LogP contribution in [0.5, 0.6) is 0 Å². The van der Waals surface area contributed by atoms with Crippen LogP contribution in [0.4, 0.5) is 0 Å². The van der Waals surface area contributed by atoms with Crippen LogP contribution in [0, 0.1) is 0 Å². The summed E-state index contributed by atoms with van der Waals surface area (Å²) in [5, 5.41) is 6.27. The SMILES string of the molecule is c1ccc(CNCCCCn2c3ccccc3c3ccccc32)cc1. The van der Waals surface area contributed by atoms with Crippen molar-refractivity contribution in [3.8, 4) is 0 Å². The molecule has 25 heavy (non-hydrogen) atoms. The number of hydrogen-bond acceptors (Lipinski definition) is 1. The zero-order chi connectivity index (χ0) is 16.9. The predicted octanol–water partition coefficient (Wildman–Crippen LogP) is 5.36. The van der Waals surface area contributed by atoms with E-state index in [9.17, 15) is 0 Å². The van der Waals surface area contributed by atoms with E-state index < -0.39 is 0 Å². The zero-order valence-electron chi connectivity index (χ0n) is 14.5. The van der Waals surface area contributed by atoms with Gasteiger partial charge in [0, 0.05) is 34.9 Å². The summed E-state index contributed by atoms with van der Waals surface area (Å²) in [5.74, 6) is 0. The first kappa shape index (κ1) is 15.9. The van der Waals surface area contributed by atoms with Crippen LogP contribution in [-0.2, 0) is 13.1 Å². The van der Waals surface area contributed by atoms with E-state index in [0.29, 0.717) is 0 Å². The molecule has 4 rings (SSSR count). The summed E-state index contributed by atoms with van der Waals surface area (Å²) in [6.45, 7) is 3.09. The maximum atomic E-state index is 3.55. The second kappa shape index (κ2) is 7.54. The van der Waals surface area contributed by atoms with E-state index in [1.807, 2.05) is 0 Å². The van der Waals surface area contributed by atoms with E-state index >= 15 is 0 Å². The molecule has 1 heterocycles. The molecule has 1 aromatic heterocycles.